The first-order chi connectivity index (χ1) is 11.0. The number of H-pyrrole nitrogens is 1. The number of carbonyl (C=O) groups is 1. The van der Waals surface area contributed by atoms with Gasteiger partial charge in [-0.15, -0.1) is 0 Å². The third-order valence-electron chi connectivity index (χ3n) is 3.02. The molecule has 2 N–H and O–H groups in total. The summed E-state index contributed by atoms with van der Waals surface area (Å²) in [4.78, 5) is 12.1. The lowest BCUT2D eigenvalue weighted by molar-refractivity contribution is 0.102. The van der Waals surface area contributed by atoms with Gasteiger partial charge in [-0.3, -0.25) is 14.6 Å². The fourth-order valence-corrected chi connectivity index (χ4v) is 2.69. The summed E-state index contributed by atoms with van der Waals surface area (Å²) in [5, 5.41) is 14.3. The number of anilines is 1. The number of nitrogens with zero attached hydrogens (tertiary/aromatic N) is 3. The average molecular weight is 460 g/mol. The Balaban J connectivity index is 1.68. The van der Waals surface area contributed by atoms with E-state index >= 15 is 0 Å². The van der Waals surface area contributed by atoms with E-state index in [1.165, 1.54) is 0 Å². The lowest BCUT2D eigenvalue weighted by Gasteiger charge is -2.02. The Kier molecular flexibility index (Phi) is 4.84. The van der Waals surface area contributed by atoms with Crippen LogP contribution in [0.2, 0.25) is 5.02 Å². The van der Waals surface area contributed by atoms with E-state index in [9.17, 15) is 4.79 Å². The second kappa shape index (κ2) is 6.86. The standard InChI is InChI=1S/C14H10Br2ClN5O/c15-11-12(19-20-13(11)16)14(23)18-10-5-6-22(21-10)7-8-1-3-9(17)4-2-8/h1-6H,7H2,(H,19,20)(H,18,21,23). The van der Waals surface area contributed by atoms with Crippen LogP contribution in [-0.2, 0) is 6.54 Å². The van der Waals surface area contributed by atoms with Crippen LogP contribution in [0.25, 0.3) is 0 Å². The van der Waals surface area contributed by atoms with Gasteiger partial charge in [0.15, 0.2) is 11.5 Å². The molecule has 0 unspecified atom stereocenters. The number of hydrogen-bond donors (Lipinski definition) is 2. The Morgan fingerprint density at radius 2 is 2.00 bits per heavy atom. The number of nitrogens with one attached hydrogen (secondary N) is 2. The summed E-state index contributed by atoms with van der Waals surface area (Å²) < 4.78 is 2.90. The van der Waals surface area contributed by atoms with Gasteiger partial charge in [0, 0.05) is 17.3 Å². The second-order valence-corrected chi connectivity index (χ2v) is 6.70. The zero-order chi connectivity index (χ0) is 16.4. The Morgan fingerprint density at radius 1 is 1.26 bits per heavy atom. The van der Waals surface area contributed by atoms with Crippen molar-refractivity contribution in [3.8, 4) is 0 Å². The van der Waals surface area contributed by atoms with Gasteiger partial charge in [-0.05, 0) is 49.6 Å². The van der Waals surface area contributed by atoms with Crippen molar-refractivity contribution in [1.82, 2.24) is 20.0 Å². The normalized spacial score (nSPS) is 10.7. The van der Waals surface area contributed by atoms with E-state index < -0.39 is 0 Å². The van der Waals surface area contributed by atoms with Gasteiger partial charge in [0.2, 0.25) is 0 Å². The van der Waals surface area contributed by atoms with Crippen molar-refractivity contribution < 1.29 is 4.79 Å². The van der Waals surface area contributed by atoms with Crippen LogP contribution in [0.4, 0.5) is 5.82 Å². The van der Waals surface area contributed by atoms with Crippen molar-refractivity contribution in [3.63, 3.8) is 0 Å². The number of amides is 1. The first-order valence-corrected chi connectivity index (χ1v) is 8.48. The molecule has 0 radical (unpaired) electrons. The summed E-state index contributed by atoms with van der Waals surface area (Å²) in [6, 6.07) is 9.25. The molecule has 0 saturated heterocycles. The van der Waals surface area contributed by atoms with E-state index in [4.69, 9.17) is 11.6 Å². The van der Waals surface area contributed by atoms with Gasteiger partial charge in [-0.2, -0.15) is 10.2 Å². The van der Waals surface area contributed by atoms with Crippen molar-refractivity contribution in [2.24, 2.45) is 0 Å². The minimum absolute atomic E-state index is 0.254. The van der Waals surface area contributed by atoms with Gasteiger partial charge in [0.05, 0.1) is 11.0 Å². The second-order valence-electron chi connectivity index (χ2n) is 4.68. The fourth-order valence-electron chi connectivity index (χ4n) is 1.93. The molecular weight excluding hydrogens is 449 g/mol. The number of aromatic amines is 1. The lowest BCUT2D eigenvalue weighted by atomic mass is 10.2. The quantitative estimate of drug-likeness (QED) is 0.617. The smallest absolute Gasteiger partial charge is 0.278 e. The predicted molar refractivity (Wildman–Crippen MR) is 94.7 cm³/mol. The molecule has 2 heterocycles. The Bertz CT molecular complexity index is 843. The summed E-state index contributed by atoms with van der Waals surface area (Å²) in [5.41, 5.74) is 1.32. The van der Waals surface area contributed by atoms with E-state index in [2.05, 4.69) is 52.5 Å². The lowest BCUT2D eigenvalue weighted by Crippen LogP contribution is -2.14. The monoisotopic (exact) mass is 457 g/mol. The number of halogens is 3. The van der Waals surface area contributed by atoms with Crippen molar-refractivity contribution in [3.05, 3.63) is 61.9 Å². The SMILES string of the molecule is O=C(Nc1ccn(Cc2ccc(Cl)cc2)n1)c1n[nH]c(Br)c1Br. The molecule has 0 bridgehead atoms. The number of aromatic nitrogens is 4. The molecule has 9 heteroatoms. The molecule has 0 fully saturated rings. The van der Waals surface area contributed by atoms with Crippen molar-refractivity contribution >= 4 is 55.2 Å². The van der Waals surface area contributed by atoms with Gasteiger partial charge in [-0.1, -0.05) is 23.7 Å². The van der Waals surface area contributed by atoms with Gasteiger partial charge in [0.1, 0.15) is 4.60 Å². The first-order valence-electron chi connectivity index (χ1n) is 6.51. The third-order valence-corrected chi connectivity index (χ3v) is 5.15. The van der Waals surface area contributed by atoms with E-state index in [0.717, 1.165) is 5.56 Å². The summed E-state index contributed by atoms with van der Waals surface area (Å²) in [7, 11) is 0. The molecule has 0 saturated carbocycles. The molecule has 1 aromatic carbocycles. The summed E-state index contributed by atoms with van der Waals surface area (Å²) in [6.45, 7) is 0.588. The summed E-state index contributed by atoms with van der Waals surface area (Å²) in [5.74, 6) is 0.102. The molecular formula is C14H10Br2ClN5O. The predicted octanol–water partition coefficient (Wildman–Crippen LogP) is 4.09. The highest BCUT2D eigenvalue weighted by atomic mass is 79.9. The number of rotatable bonds is 4. The van der Waals surface area contributed by atoms with Gasteiger partial charge >= 0.3 is 0 Å². The number of benzene rings is 1. The maximum atomic E-state index is 12.1. The molecule has 6 nitrogen and oxygen atoms in total. The zero-order valence-electron chi connectivity index (χ0n) is 11.6. The van der Waals surface area contributed by atoms with Crippen LogP contribution < -0.4 is 5.32 Å². The Labute approximate surface area is 153 Å². The molecule has 0 aliphatic carbocycles. The van der Waals surface area contributed by atoms with Crippen LogP contribution in [0, 0.1) is 0 Å². The highest BCUT2D eigenvalue weighted by molar-refractivity contribution is 9.13. The first kappa shape index (κ1) is 16.2. The molecule has 2 aromatic heterocycles. The van der Waals surface area contributed by atoms with E-state index in [1.807, 2.05) is 24.3 Å². The molecule has 118 valence electrons. The van der Waals surface area contributed by atoms with E-state index in [1.54, 1.807) is 16.9 Å². The maximum absolute atomic E-state index is 12.1. The molecule has 0 spiro atoms. The molecule has 3 rings (SSSR count). The van der Waals surface area contributed by atoms with Gasteiger partial charge in [0.25, 0.3) is 5.91 Å². The van der Waals surface area contributed by atoms with Crippen LogP contribution >= 0.6 is 43.5 Å². The van der Waals surface area contributed by atoms with Crippen LogP contribution in [-0.4, -0.2) is 25.9 Å². The minimum Gasteiger partial charge on any atom is -0.304 e. The van der Waals surface area contributed by atoms with Gasteiger partial charge in [-0.25, -0.2) is 0 Å². The summed E-state index contributed by atoms with van der Waals surface area (Å²) in [6.07, 6.45) is 1.79. The molecule has 1 amide bonds. The van der Waals surface area contributed by atoms with E-state index in [0.29, 0.717) is 26.5 Å². The highest BCUT2D eigenvalue weighted by Crippen LogP contribution is 2.24. The Morgan fingerprint density at radius 3 is 2.65 bits per heavy atom. The average Bonchev–Trinajstić information content (AvgIpc) is 3.09. The van der Waals surface area contributed by atoms with Crippen LogP contribution in [0.3, 0.4) is 0 Å². The zero-order valence-corrected chi connectivity index (χ0v) is 15.5. The molecule has 0 aliphatic heterocycles. The van der Waals surface area contributed by atoms with Crippen LogP contribution in [0.15, 0.2) is 45.6 Å². The molecule has 3 aromatic rings. The summed E-state index contributed by atoms with van der Waals surface area (Å²) >= 11 is 12.4. The van der Waals surface area contributed by atoms with E-state index in [-0.39, 0.29) is 11.6 Å². The molecule has 0 aliphatic rings. The maximum Gasteiger partial charge on any atom is 0.278 e. The van der Waals surface area contributed by atoms with Gasteiger partial charge < -0.3 is 5.32 Å². The largest absolute Gasteiger partial charge is 0.304 e. The van der Waals surface area contributed by atoms with Crippen molar-refractivity contribution in [2.45, 2.75) is 6.54 Å². The number of hydrogen-bond acceptors (Lipinski definition) is 3. The Hall–Kier alpha value is -1.64. The molecule has 0 atom stereocenters. The van der Waals surface area contributed by atoms with Crippen molar-refractivity contribution in [2.75, 3.05) is 5.32 Å². The highest BCUT2D eigenvalue weighted by Gasteiger charge is 2.17. The molecule has 23 heavy (non-hydrogen) atoms. The van der Waals surface area contributed by atoms with Crippen molar-refractivity contribution in [1.29, 1.82) is 0 Å². The topological polar surface area (TPSA) is 75.6 Å². The van der Waals surface area contributed by atoms with Crippen LogP contribution in [0.5, 0.6) is 0 Å². The fraction of sp³-hybridized carbons (Fsp3) is 0.0714. The number of carbonyl (C=O) groups excluding carboxylic acids is 1. The van der Waals surface area contributed by atoms with Crippen LogP contribution in [0.1, 0.15) is 16.1 Å². The minimum atomic E-state index is -0.351. The third kappa shape index (κ3) is 3.82.